The molecule has 28 heavy (non-hydrogen) atoms. The van der Waals surface area contributed by atoms with E-state index in [0.717, 1.165) is 19.3 Å². The summed E-state index contributed by atoms with van der Waals surface area (Å²) in [7, 11) is -3.65. The molecule has 0 unspecified atom stereocenters. The molecule has 0 spiro atoms. The lowest BCUT2D eigenvalue weighted by molar-refractivity contribution is -0.122. The van der Waals surface area contributed by atoms with E-state index in [2.05, 4.69) is 22.4 Å². The van der Waals surface area contributed by atoms with Crippen LogP contribution < -0.4 is 5.32 Å². The van der Waals surface area contributed by atoms with E-state index in [1.165, 1.54) is 32.5 Å². The van der Waals surface area contributed by atoms with E-state index in [4.69, 9.17) is 4.74 Å². The molecule has 1 atom stereocenters. The van der Waals surface area contributed by atoms with Crippen LogP contribution in [0.3, 0.4) is 0 Å². The zero-order valence-electron chi connectivity index (χ0n) is 15.6. The number of morpholine rings is 1. The molecule has 1 N–H and O–H groups in total. The van der Waals surface area contributed by atoms with Crippen LogP contribution >= 0.6 is 0 Å². The van der Waals surface area contributed by atoms with E-state index in [0.29, 0.717) is 26.3 Å². The Morgan fingerprint density at radius 2 is 2.04 bits per heavy atom. The summed E-state index contributed by atoms with van der Waals surface area (Å²) in [5, 5.41) is 3.03. The monoisotopic (exact) mass is 404 g/mol. The minimum Gasteiger partial charge on any atom is -0.379 e. The van der Waals surface area contributed by atoms with E-state index < -0.39 is 10.0 Å². The molecule has 1 fully saturated rings. The number of carbonyl (C=O) groups excluding carboxylic acids is 1. The van der Waals surface area contributed by atoms with Crippen LogP contribution in [0, 0.1) is 0 Å². The van der Waals surface area contributed by atoms with Gasteiger partial charge in [-0.1, -0.05) is 24.3 Å². The van der Waals surface area contributed by atoms with E-state index in [9.17, 15) is 13.2 Å². The van der Waals surface area contributed by atoms with Crippen LogP contribution in [0.15, 0.2) is 41.8 Å². The fourth-order valence-electron chi connectivity index (χ4n) is 3.79. The van der Waals surface area contributed by atoms with Crippen molar-refractivity contribution in [2.24, 2.45) is 0 Å². The molecule has 0 bridgehead atoms. The zero-order chi connectivity index (χ0) is 19.6. The fraction of sp³-hybridized carbons (Fsp3) is 0.474. The Kier molecular flexibility index (Phi) is 5.47. The normalized spacial score (nSPS) is 20.5. The number of benzene rings is 1. The van der Waals surface area contributed by atoms with Crippen molar-refractivity contribution in [3.05, 3.63) is 47.9 Å². The number of ether oxygens (including phenoxy) is 1. The SMILES string of the molecule is O=C(Cn1cnc(S(=O)(=O)N2CCOCC2)c1)N[C@H]1CCCc2ccccc21. The topological polar surface area (TPSA) is 93.5 Å². The lowest BCUT2D eigenvalue weighted by Crippen LogP contribution is -2.40. The maximum absolute atomic E-state index is 12.6. The number of nitrogens with zero attached hydrogens (tertiary/aromatic N) is 3. The van der Waals surface area contributed by atoms with Gasteiger partial charge in [0.25, 0.3) is 10.0 Å². The average Bonchev–Trinajstić information content (AvgIpc) is 3.18. The van der Waals surface area contributed by atoms with Gasteiger partial charge in [0.1, 0.15) is 6.54 Å². The summed E-state index contributed by atoms with van der Waals surface area (Å²) in [6, 6.07) is 8.17. The number of hydrogen-bond donors (Lipinski definition) is 1. The van der Waals surface area contributed by atoms with Crippen LogP contribution in [0.25, 0.3) is 0 Å². The minimum atomic E-state index is -3.65. The summed E-state index contributed by atoms with van der Waals surface area (Å²) in [5.74, 6) is -0.158. The predicted octanol–water partition coefficient (Wildman–Crippen LogP) is 1.10. The molecule has 0 radical (unpaired) electrons. The van der Waals surface area contributed by atoms with Crippen molar-refractivity contribution in [3.8, 4) is 0 Å². The van der Waals surface area contributed by atoms with Gasteiger partial charge in [-0.15, -0.1) is 0 Å². The first-order valence-corrected chi connectivity index (χ1v) is 10.9. The molecule has 2 heterocycles. The van der Waals surface area contributed by atoms with Crippen molar-refractivity contribution < 1.29 is 17.9 Å². The molecule has 4 rings (SSSR count). The second kappa shape index (κ2) is 8.02. The third-order valence-electron chi connectivity index (χ3n) is 5.21. The molecule has 1 aromatic heterocycles. The van der Waals surface area contributed by atoms with Crippen molar-refractivity contribution >= 4 is 15.9 Å². The van der Waals surface area contributed by atoms with Crippen molar-refractivity contribution in [2.75, 3.05) is 26.3 Å². The number of amides is 1. The summed E-state index contributed by atoms with van der Waals surface area (Å²) in [5.41, 5.74) is 2.45. The number of rotatable bonds is 5. The first-order valence-electron chi connectivity index (χ1n) is 9.51. The number of nitrogens with one attached hydrogen (secondary N) is 1. The van der Waals surface area contributed by atoms with Crippen molar-refractivity contribution in [2.45, 2.75) is 36.9 Å². The Hall–Kier alpha value is -2.23. The molecule has 1 saturated heterocycles. The highest BCUT2D eigenvalue weighted by molar-refractivity contribution is 7.89. The van der Waals surface area contributed by atoms with Gasteiger partial charge in [0.2, 0.25) is 5.91 Å². The first kappa shape index (κ1) is 19.1. The summed E-state index contributed by atoms with van der Waals surface area (Å²) < 4.78 is 33.3. The molecule has 2 aromatic rings. The van der Waals surface area contributed by atoms with E-state index in [-0.39, 0.29) is 23.5 Å². The van der Waals surface area contributed by atoms with Gasteiger partial charge in [-0.3, -0.25) is 4.79 Å². The standard InChI is InChI=1S/C19H24N4O4S/c24-18(21-17-7-3-5-15-4-1-2-6-16(15)17)12-22-13-19(20-14-22)28(25,26)23-8-10-27-11-9-23/h1-2,4,6,13-14,17H,3,5,7-12H2,(H,21,24)/t17-/m0/s1. The summed E-state index contributed by atoms with van der Waals surface area (Å²) in [6.45, 7) is 1.42. The van der Waals surface area contributed by atoms with Crippen molar-refractivity contribution in [1.29, 1.82) is 0 Å². The molecule has 1 aliphatic carbocycles. The lowest BCUT2D eigenvalue weighted by atomic mass is 9.88. The third kappa shape index (κ3) is 3.96. The number of imidazole rings is 1. The van der Waals surface area contributed by atoms with Gasteiger partial charge in [0.05, 0.1) is 25.6 Å². The lowest BCUT2D eigenvalue weighted by Gasteiger charge is -2.26. The number of hydrogen-bond acceptors (Lipinski definition) is 5. The van der Waals surface area contributed by atoms with Crippen LogP contribution in [-0.4, -0.2) is 54.5 Å². The largest absolute Gasteiger partial charge is 0.379 e. The van der Waals surface area contributed by atoms with E-state index >= 15 is 0 Å². The molecular formula is C19H24N4O4S. The van der Waals surface area contributed by atoms with Crippen LogP contribution in [0.1, 0.15) is 30.0 Å². The number of sulfonamides is 1. The molecule has 1 amide bonds. The molecule has 150 valence electrons. The van der Waals surface area contributed by atoms with Gasteiger partial charge in [0.15, 0.2) is 5.03 Å². The highest BCUT2D eigenvalue weighted by Crippen LogP contribution is 2.29. The Labute approximate surface area is 164 Å². The highest BCUT2D eigenvalue weighted by atomic mass is 32.2. The molecule has 9 heteroatoms. The van der Waals surface area contributed by atoms with E-state index in [1.807, 2.05) is 12.1 Å². The second-order valence-corrected chi connectivity index (χ2v) is 9.00. The molecule has 2 aliphatic rings. The number of carbonyl (C=O) groups is 1. The fourth-order valence-corrected chi connectivity index (χ4v) is 5.13. The van der Waals surface area contributed by atoms with Crippen LogP contribution in [0.5, 0.6) is 0 Å². The van der Waals surface area contributed by atoms with Crippen LogP contribution in [0.2, 0.25) is 0 Å². The molecule has 8 nitrogen and oxygen atoms in total. The number of aromatic nitrogens is 2. The smallest absolute Gasteiger partial charge is 0.262 e. The van der Waals surface area contributed by atoms with E-state index in [1.54, 1.807) is 0 Å². The third-order valence-corrected chi connectivity index (χ3v) is 7.00. The maximum atomic E-state index is 12.6. The number of aryl methyl sites for hydroxylation is 1. The maximum Gasteiger partial charge on any atom is 0.262 e. The Balaban J connectivity index is 1.41. The van der Waals surface area contributed by atoms with Gasteiger partial charge in [-0.25, -0.2) is 13.4 Å². The van der Waals surface area contributed by atoms with Crippen LogP contribution in [-0.2, 0) is 32.5 Å². The summed E-state index contributed by atoms with van der Waals surface area (Å²) in [4.78, 5) is 16.5. The first-order chi connectivity index (χ1) is 13.5. The quantitative estimate of drug-likeness (QED) is 0.805. The Morgan fingerprint density at radius 3 is 2.86 bits per heavy atom. The predicted molar refractivity (Wildman–Crippen MR) is 102 cm³/mol. The van der Waals surface area contributed by atoms with Crippen molar-refractivity contribution in [1.82, 2.24) is 19.2 Å². The average molecular weight is 404 g/mol. The number of fused-ring (bicyclic) bond motifs is 1. The zero-order valence-corrected chi connectivity index (χ0v) is 16.4. The molecule has 0 saturated carbocycles. The molecule has 1 aliphatic heterocycles. The minimum absolute atomic E-state index is 0.00229. The van der Waals surface area contributed by atoms with Gasteiger partial charge < -0.3 is 14.6 Å². The van der Waals surface area contributed by atoms with Gasteiger partial charge in [-0.05, 0) is 30.4 Å². The summed E-state index contributed by atoms with van der Waals surface area (Å²) in [6.07, 6.45) is 5.78. The highest BCUT2D eigenvalue weighted by Gasteiger charge is 2.28. The van der Waals surface area contributed by atoms with Gasteiger partial charge >= 0.3 is 0 Å². The van der Waals surface area contributed by atoms with Crippen LogP contribution in [0.4, 0.5) is 0 Å². The summed E-state index contributed by atoms with van der Waals surface area (Å²) >= 11 is 0. The second-order valence-electron chi connectivity index (χ2n) is 7.11. The molecular weight excluding hydrogens is 380 g/mol. The Bertz CT molecular complexity index is 950. The molecule has 1 aromatic carbocycles. The Morgan fingerprint density at radius 1 is 1.25 bits per heavy atom. The van der Waals surface area contributed by atoms with Gasteiger partial charge in [-0.2, -0.15) is 4.31 Å². The van der Waals surface area contributed by atoms with Crippen molar-refractivity contribution in [3.63, 3.8) is 0 Å². The van der Waals surface area contributed by atoms with Gasteiger partial charge in [0, 0.05) is 19.3 Å².